The zero-order valence-electron chi connectivity index (χ0n) is 18.2. The first-order valence-electron chi connectivity index (χ1n) is 10.7. The number of nitrogens with one attached hydrogen (secondary N) is 1. The van der Waals surface area contributed by atoms with Gasteiger partial charge in [0.25, 0.3) is 0 Å². The molecule has 1 saturated carbocycles. The molecule has 8 heteroatoms. The van der Waals surface area contributed by atoms with Crippen molar-refractivity contribution in [1.82, 2.24) is 30.4 Å². The fraction of sp³-hybridized carbons (Fsp3) is 0.900. The molecule has 0 bridgehead atoms. The van der Waals surface area contributed by atoms with E-state index in [4.69, 9.17) is 0 Å². The van der Waals surface area contributed by atoms with Gasteiger partial charge < -0.3 is 10.2 Å². The van der Waals surface area contributed by atoms with E-state index in [1.807, 2.05) is 11.6 Å². The van der Waals surface area contributed by atoms with Gasteiger partial charge in [0, 0.05) is 23.7 Å². The van der Waals surface area contributed by atoms with E-state index in [0.717, 1.165) is 50.2 Å². The number of carbonyl (C=O) groups excluding carboxylic acids is 1. The number of unbranched alkanes of at least 4 members (excludes halogenated alkanes) is 1. The van der Waals surface area contributed by atoms with E-state index in [1.54, 1.807) is 0 Å². The van der Waals surface area contributed by atoms with Crippen molar-refractivity contribution in [3.05, 3.63) is 0 Å². The molecule has 1 saturated heterocycles. The van der Waals surface area contributed by atoms with Crippen LogP contribution in [0.5, 0.6) is 0 Å². The van der Waals surface area contributed by atoms with Gasteiger partial charge in [-0.05, 0) is 77.1 Å². The molecule has 7 nitrogen and oxygen atoms in total. The molecule has 2 fully saturated rings. The molecular weight excluding hydrogens is 372 g/mol. The van der Waals surface area contributed by atoms with Crippen LogP contribution in [0.1, 0.15) is 86.1 Å². The highest BCUT2D eigenvalue weighted by atomic mass is 32.2. The number of amides is 1. The summed E-state index contributed by atoms with van der Waals surface area (Å²) in [5, 5.41) is 16.4. The number of carbonyl (C=O) groups is 1. The molecule has 0 aromatic carbocycles. The molecule has 1 aromatic rings. The number of hydrogen-bond donors (Lipinski definition) is 1. The Balaban J connectivity index is 1.74. The van der Waals surface area contributed by atoms with Crippen LogP contribution in [0.15, 0.2) is 5.16 Å². The lowest BCUT2D eigenvalue weighted by Gasteiger charge is -2.50. The summed E-state index contributed by atoms with van der Waals surface area (Å²) in [7, 11) is 0. The monoisotopic (exact) mass is 408 g/mol. The molecule has 1 aromatic heterocycles. The molecule has 0 spiro atoms. The van der Waals surface area contributed by atoms with Crippen molar-refractivity contribution >= 4 is 17.7 Å². The molecular formula is C20H36N6OS. The molecule has 2 heterocycles. The molecule has 2 aliphatic rings. The largest absolute Gasteiger partial charge is 0.339 e. The van der Waals surface area contributed by atoms with Crippen LogP contribution in [-0.4, -0.2) is 59.9 Å². The molecule has 1 aliphatic heterocycles. The average molecular weight is 409 g/mol. The first kappa shape index (κ1) is 21.6. The predicted octanol–water partition coefficient (Wildman–Crippen LogP) is 3.43. The molecule has 28 heavy (non-hydrogen) atoms. The number of thioether (sulfide) groups is 1. The highest BCUT2D eigenvalue weighted by molar-refractivity contribution is 8.00. The van der Waals surface area contributed by atoms with Gasteiger partial charge in [-0.1, -0.05) is 25.1 Å². The first-order chi connectivity index (χ1) is 13.1. The Kier molecular flexibility index (Phi) is 6.39. The summed E-state index contributed by atoms with van der Waals surface area (Å²) < 4.78 is 1.89. The minimum absolute atomic E-state index is 0.0175. The third kappa shape index (κ3) is 5.26. The van der Waals surface area contributed by atoms with E-state index in [0.29, 0.717) is 6.04 Å². The Morgan fingerprint density at radius 1 is 1.29 bits per heavy atom. The van der Waals surface area contributed by atoms with Crippen molar-refractivity contribution in [3.8, 4) is 0 Å². The Labute approximate surface area is 173 Å². The van der Waals surface area contributed by atoms with Crippen molar-refractivity contribution < 1.29 is 4.79 Å². The maximum Gasteiger partial charge on any atom is 0.236 e. The lowest BCUT2D eigenvalue weighted by atomic mass is 9.79. The minimum atomic E-state index is -0.193. The van der Waals surface area contributed by atoms with Gasteiger partial charge in [0.15, 0.2) is 0 Å². The van der Waals surface area contributed by atoms with E-state index >= 15 is 0 Å². The molecule has 1 aliphatic carbocycles. The van der Waals surface area contributed by atoms with Crippen molar-refractivity contribution in [2.24, 2.45) is 0 Å². The van der Waals surface area contributed by atoms with E-state index < -0.39 is 0 Å². The van der Waals surface area contributed by atoms with Crippen LogP contribution in [0.4, 0.5) is 0 Å². The summed E-state index contributed by atoms with van der Waals surface area (Å²) in [5.74, 6) is 0.210. The topological polar surface area (TPSA) is 75.9 Å². The molecule has 1 unspecified atom stereocenters. The lowest BCUT2D eigenvalue weighted by molar-refractivity contribution is -0.134. The summed E-state index contributed by atoms with van der Waals surface area (Å²) in [6.07, 6.45) is 6.33. The number of nitrogens with zero attached hydrogens (tertiary/aromatic N) is 5. The van der Waals surface area contributed by atoms with Gasteiger partial charge in [0.1, 0.15) is 0 Å². The van der Waals surface area contributed by atoms with Gasteiger partial charge >= 0.3 is 0 Å². The van der Waals surface area contributed by atoms with Crippen LogP contribution < -0.4 is 5.32 Å². The maximum atomic E-state index is 13.5. The summed E-state index contributed by atoms with van der Waals surface area (Å²) in [4.78, 5) is 15.6. The molecule has 1 N–H and O–H groups in total. The number of rotatable bonds is 8. The maximum absolute atomic E-state index is 13.5. The van der Waals surface area contributed by atoms with Crippen molar-refractivity contribution in [3.63, 3.8) is 0 Å². The second-order valence-corrected chi connectivity index (χ2v) is 11.0. The molecule has 1 amide bonds. The Hall–Kier alpha value is -1.15. The highest BCUT2D eigenvalue weighted by Gasteiger charge is 2.42. The SMILES string of the molecule is CCCCN(C(=O)C(C)Sc1nnnn1C1CC1)C1CC(C)(C)NC(C)(C)C1. The second kappa shape index (κ2) is 8.30. The lowest BCUT2D eigenvalue weighted by Crippen LogP contribution is -2.63. The Bertz CT molecular complexity index is 668. The van der Waals surface area contributed by atoms with Gasteiger partial charge in [-0.15, -0.1) is 5.10 Å². The van der Waals surface area contributed by atoms with Crippen LogP contribution in [0.25, 0.3) is 0 Å². The van der Waals surface area contributed by atoms with E-state index in [-0.39, 0.29) is 28.3 Å². The normalized spacial score (nSPS) is 22.8. The quantitative estimate of drug-likeness (QED) is 0.664. The van der Waals surface area contributed by atoms with Crippen molar-refractivity contribution in [1.29, 1.82) is 0 Å². The third-order valence-electron chi connectivity index (χ3n) is 5.63. The van der Waals surface area contributed by atoms with Crippen molar-refractivity contribution in [2.75, 3.05) is 6.54 Å². The van der Waals surface area contributed by atoms with Crippen molar-refractivity contribution in [2.45, 2.75) is 114 Å². The molecule has 3 rings (SSSR count). The van der Waals surface area contributed by atoms with Gasteiger partial charge in [0.05, 0.1) is 11.3 Å². The van der Waals surface area contributed by atoms with Crippen LogP contribution in [0.3, 0.4) is 0 Å². The smallest absolute Gasteiger partial charge is 0.236 e. The number of hydrogen-bond acceptors (Lipinski definition) is 6. The van der Waals surface area contributed by atoms with Gasteiger partial charge in [-0.3, -0.25) is 4.79 Å². The van der Waals surface area contributed by atoms with Gasteiger partial charge in [0.2, 0.25) is 11.1 Å². The molecule has 1 atom stereocenters. The Morgan fingerprint density at radius 2 is 1.93 bits per heavy atom. The van der Waals surface area contributed by atoms with Crippen LogP contribution in [0.2, 0.25) is 0 Å². The summed E-state index contributed by atoms with van der Waals surface area (Å²) in [5.41, 5.74) is 0.0349. The average Bonchev–Trinajstić information content (AvgIpc) is 3.31. The zero-order chi connectivity index (χ0) is 20.5. The van der Waals surface area contributed by atoms with Crippen LogP contribution >= 0.6 is 11.8 Å². The summed E-state index contributed by atoms with van der Waals surface area (Å²) in [6, 6.07) is 0.676. The first-order valence-corrected chi connectivity index (χ1v) is 11.5. The van der Waals surface area contributed by atoms with Crippen LogP contribution in [0, 0.1) is 0 Å². The minimum Gasteiger partial charge on any atom is -0.339 e. The number of piperidine rings is 1. The number of aromatic nitrogens is 4. The fourth-order valence-corrected chi connectivity index (χ4v) is 5.47. The standard InChI is InChI=1S/C20H36N6OS/c1-7-8-11-25(16-12-19(3,4)22-20(5,6)13-16)17(27)14(2)28-18-21-23-24-26(18)15-9-10-15/h14-16,22H,7-13H2,1-6H3. The van der Waals surface area contributed by atoms with Crippen LogP contribution in [-0.2, 0) is 4.79 Å². The van der Waals surface area contributed by atoms with E-state index in [2.05, 4.69) is 60.4 Å². The summed E-state index contributed by atoms with van der Waals surface area (Å²) in [6.45, 7) is 14.0. The zero-order valence-corrected chi connectivity index (χ0v) is 19.1. The van der Waals surface area contributed by atoms with E-state index in [1.165, 1.54) is 11.8 Å². The van der Waals surface area contributed by atoms with Gasteiger partial charge in [-0.25, -0.2) is 4.68 Å². The third-order valence-corrected chi connectivity index (χ3v) is 6.67. The van der Waals surface area contributed by atoms with E-state index in [9.17, 15) is 4.79 Å². The second-order valence-electron chi connectivity index (χ2n) is 9.74. The molecule has 0 radical (unpaired) electrons. The van der Waals surface area contributed by atoms with Gasteiger partial charge in [-0.2, -0.15) is 0 Å². The summed E-state index contributed by atoms with van der Waals surface area (Å²) >= 11 is 1.50. The fourth-order valence-electron chi connectivity index (χ4n) is 4.54. The molecule has 158 valence electrons. The highest BCUT2D eigenvalue weighted by Crippen LogP contribution is 2.38. The predicted molar refractivity (Wildman–Crippen MR) is 112 cm³/mol. The Morgan fingerprint density at radius 3 is 2.50 bits per heavy atom. The number of tetrazole rings is 1.